The van der Waals surface area contributed by atoms with Crippen molar-refractivity contribution in [2.75, 3.05) is 19.0 Å². The van der Waals surface area contributed by atoms with Crippen LogP contribution in [0.25, 0.3) is 0 Å². The second-order valence-corrected chi connectivity index (χ2v) is 10.4. The summed E-state index contributed by atoms with van der Waals surface area (Å²) >= 11 is 0. The highest BCUT2D eigenvalue weighted by molar-refractivity contribution is 6.03. The monoisotopic (exact) mass is 507 g/mol. The molecule has 3 heterocycles. The number of rotatable bonds is 8. The molecule has 196 valence electrons. The van der Waals surface area contributed by atoms with Crippen LogP contribution in [0.15, 0.2) is 54.6 Å². The molecule has 6 atom stereocenters. The van der Waals surface area contributed by atoms with Crippen molar-refractivity contribution in [3.05, 3.63) is 60.2 Å². The predicted octanol–water partition coefficient (Wildman–Crippen LogP) is 2.10. The molecule has 3 amide bonds. The Morgan fingerprint density at radius 3 is 2.49 bits per heavy atom. The van der Waals surface area contributed by atoms with E-state index >= 15 is 0 Å². The molecule has 2 aromatic carbocycles. The van der Waals surface area contributed by atoms with Gasteiger partial charge in [-0.2, -0.15) is 0 Å². The molecular weight excluding hydrogens is 474 g/mol. The normalized spacial score (nSPS) is 30.6. The lowest BCUT2D eigenvalue weighted by atomic mass is 9.66. The number of fused-ring (bicyclic) bond motifs is 1. The number of benzene rings is 2. The van der Waals surface area contributed by atoms with Gasteiger partial charge < -0.3 is 30.1 Å². The maximum absolute atomic E-state index is 13.9. The smallest absolute Gasteiger partial charge is 0.250 e. The average Bonchev–Trinajstić information content (AvgIpc) is 3.48. The molecule has 1 spiro atoms. The number of carbonyl (C=O) groups is 3. The van der Waals surface area contributed by atoms with E-state index in [-0.39, 0.29) is 18.4 Å². The summed E-state index contributed by atoms with van der Waals surface area (Å²) in [5.41, 5.74) is -0.523. The number of nitrogens with one attached hydrogen (secondary N) is 2. The zero-order valence-electron chi connectivity index (χ0n) is 21.3. The Kier molecular flexibility index (Phi) is 6.45. The molecule has 9 nitrogen and oxygen atoms in total. The Hall–Kier alpha value is -3.43. The first-order valence-corrected chi connectivity index (χ1v) is 12.6. The van der Waals surface area contributed by atoms with Gasteiger partial charge in [0.15, 0.2) is 0 Å². The van der Waals surface area contributed by atoms with Crippen LogP contribution >= 0.6 is 0 Å². The number of carbonyl (C=O) groups excluding carboxylic acids is 3. The van der Waals surface area contributed by atoms with Gasteiger partial charge in [0, 0.05) is 12.2 Å². The summed E-state index contributed by atoms with van der Waals surface area (Å²) in [4.78, 5) is 42.6. The number of aliphatic hydroxyl groups is 1. The molecule has 5 rings (SSSR count). The predicted molar refractivity (Wildman–Crippen MR) is 136 cm³/mol. The van der Waals surface area contributed by atoms with E-state index < -0.39 is 41.0 Å². The van der Waals surface area contributed by atoms with Crippen molar-refractivity contribution >= 4 is 23.4 Å². The van der Waals surface area contributed by atoms with Crippen LogP contribution in [0.5, 0.6) is 5.75 Å². The fourth-order valence-corrected chi connectivity index (χ4v) is 6.41. The Labute approximate surface area is 216 Å². The van der Waals surface area contributed by atoms with Crippen LogP contribution in [-0.4, -0.2) is 64.7 Å². The molecule has 2 bridgehead atoms. The molecule has 0 saturated carbocycles. The molecule has 3 N–H and O–H groups in total. The summed E-state index contributed by atoms with van der Waals surface area (Å²) in [6.07, 6.45) is 1.02. The molecule has 3 aliphatic rings. The highest BCUT2D eigenvalue weighted by Crippen LogP contribution is 2.63. The highest BCUT2D eigenvalue weighted by Gasteiger charge is 2.78. The van der Waals surface area contributed by atoms with Crippen molar-refractivity contribution in [1.29, 1.82) is 0 Å². The van der Waals surface area contributed by atoms with E-state index in [4.69, 9.17) is 9.47 Å². The lowest BCUT2D eigenvalue weighted by Gasteiger charge is -2.35. The summed E-state index contributed by atoms with van der Waals surface area (Å²) in [5.74, 6) is -1.92. The van der Waals surface area contributed by atoms with Crippen LogP contribution in [0, 0.1) is 11.8 Å². The van der Waals surface area contributed by atoms with E-state index in [0.717, 1.165) is 5.56 Å². The first-order chi connectivity index (χ1) is 17.7. The number of amides is 3. The van der Waals surface area contributed by atoms with Crippen molar-refractivity contribution in [1.82, 2.24) is 10.2 Å². The van der Waals surface area contributed by atoms with Crippen LogP contribution in [0.2, 0.25) is 0 Å². The maximum atomic E-state index is 13.9. The molecule has 2 unspecified atom stereocenters. The van der Waals surface area contributed by atoms with Gasteiger partial charge in [0.25, 0.3) is 0 Å². The number of likely N-dealkylation sites (tertiary alicyclic amines) is 1. The molecule has 0 aliphatic carbocycles. The van der Waals surface area contributed by atoms with Crippen molar-refractivity contribution in [2.45, 2.75) is 56.5 Å². The minimum Gasteiger partial charge on any atom is -0.497 e. The number of hydrogen-bond donors (Lipinski definition) is 3. The second kappa shape index (κ2) is 9.46. The Balaban J connectivity index is 1.45. The van der Waals surface area contributed by atoms with E-state index in [9.17, 15) is 19.5 Å². The SMILES string of the molecule is COc1ccc(NC(=O)C2N([C@H](C)CO)C(=O)[C@@H]3[C@@H](C(=O)NCc4ccccc4)[C@@]4(C)CCC23O4)cc1. The quantitative estimate of drug-likeness (QED) is 0.504. The molecule has 0 aromatic heterocycles. The van der Waals surface area contributed by atoms with Gasteiger partial charge in [0.2, 0.25) is 17.7 Å². The van der Waals surface area contributed by atoms with Crippen LogP contribution in [-0.2, 0) is 25.7 Å². The Bertz CT molecular complexity index is 1190. The minimum atomic E-state index is -1.15. The lowest BCUT2D eigenvalue weighted by Crippen LogP contribution is -2.55. The topological polar surface area (TPSA) is 117 Å². The van der Waals surface area contributed by atoms with Crippen LogP contribution < -0.4 is 15.4 Å². The fourth-order valence-electron chi connectivity index (χ4n) is 6.41. The highest BCUT2D eigenvalue weighted by atomic mass is 16.5. The van der Waals surface area contributed by atoms with Gasteiger partial charge in [-0.3, -0.25) is 14.4 Å². The number of anilines is 1. The summed E-state index contributed by atoms with van der Waals surface area (Å²) in [7, 11) is 1.56. The number of ether oxygens (including phenoxy) is 2. The summed E-state index contributed by atoms with van der Waals surface area (Å²) in [5, 5.41) is 15.9. The van der Waals surface area contributed by atoms with Crippen LogP contribution in [0.1, 0.15) is 32.3 Å². The van der Waals surface area contributed by atoms with Gasteiger partial charge in [-0.15, -0.1) is 0 Å². The Morgan fingerprint density at radius 1 is 1.14 bits per heavy atom. The lowest BCUT2D eigenvalue weighted by molar-refractivity contribution is -0.147. The van der Waals surface area contributed by atoms with Crippen molar-refractivity contribution in [3.8, 4) is 5.75 Å². The maximum Gasteiger partial charge on any atom is 0.250 e. The summed E-state index contributed by atoms with van der Waals surface area (Å²) in [6, 6.07) is 14.9. The van der Waals surface area contributed by atoms with E-state index in [2.05, 4.69) is 10.6 Å². The number of aliphatic hydroxyl groups excluding tert-OH is 1. The van der Waals surface area contributed by atoms with Gasteiger partial charge in [-0.1, -0.05) is 30.3 Å². The minimum absolute atomic E-state index is 0.265. The third-order valence-corrected chi connectivity index (χ3v) is 8.15. The van der Waals surface area contributed by atoms with Crippen molar-refractivity contribution in [3.63, 3.8) is 0 Å². The molecule has 2 aromatic rings. The average molecular weight is 508 g/mol. The largest absolute Gasteiger partial charge is 0.497 e. The van der Waals surface area contributed by atoms with Crippen molar-refractivity contribution in [2.24, 2.45) is 11.8 Å². The van der Waals surface area contributed by atoms with E-state index in [1.165, 1.54) is 4.90 Å². The third-order valence-electron chi connectivity index (χ3n) is 8.15. The molecule has 0 radical (unpaired) electrons. The van der Waals surface area contributed by atoms with E-state index in [1.54, 1.807) is 38.3 Å². The Morgan fingerprint density at radius 2 is 1.84 bits per heavy atom. The molecule has 37 heavy (non-hydrogen) atoms. The van der Waals surface area contributed by atoms with Crippen LogP contribution in [0.4, 0.5) is 5.69 Å². The van der Waals surface area contributed by atoms with E-state index in [1.807, 2.05) is 37.3 Å². The standard InChI is InChI=1S/C28H33N3O6/c1-17(16-32)31-23(25(34)30-19-9-11-20(36-3)12-10-19)28-14-13-27(2,37-28)21(22(28)26(31)35)24(33)29-15-18-7-5-4-6-8-18/h4-12,17,21-23,32H,13-16H2,1-3H3,(H,29,33)(H,30,34)/t17-,21+,22+,23?,27-,28?/m1/s1. The van der Waals surface area contributed by atoms with Gasteiger partial charge >= 0.3 is 0 Å². The number of methoxy groups -OCH3 is 1. The van der Waals surface area contributed by atoms with Gasteiger partial charge in [0.05, 0.1) is 37.2 Å². The molecular formula is C28H33N3O6. The number of nitrogens with zero attached hydrogens (tertiary/aromatic N) is 1. The summed E-state index contributed by atoms with van der Waals surface area (Å²) in [6.45, 7) is 3.57. The van der Waals surface area contributed by atoms with Crippen LogP contribution in [0.3, 0.4) is 0 Å². The van der Waals surface area contributed by atoms with Gasteiger partial charge in [-0.05, 0) is 56.5 Å². The fraction of sp³-hybridized carbons (Fsp3) is 0.464. The van der Waals surface area contributed by atoms with Crippen molar-refractivity contribution < 1.29 is 29.0 Å². The number of hydrogen-bond acceptors (Lipinski definition) is 6. The van der Waals surface area contributed by atoms with E-state index in [0.29, 0.717) is 30.8 Å². The molecule has 3 saturated heterocycles. The second-order valence-electron chi connectivity index (χ2n) is 10.4. The third kappa shape index (κ3) is 4.06. The summed E-state index contributed by atoms with van der Waals surface area (Å²) < 4.78 is 11.8. The zero-order chi connectivity index (χ0) is 26.4. The first-order valence-electron chi connectivity index (χ1n) is 12.6. The van der Waals surface area contributed by atoms with Gasteiger partial charge in [0.1, 0.15) is 17.4 Å². The molecule has 3 aliphatic heterocycles. The molecule has 3 fully saturated rings. The molecule has 9 heteroatoms. The zero-order valence-corrected chi connectivity index (χ0v) is 21.3. The first kappa shape index (κ1) is 25.2. The van der Waals surface area contributed by atoms with Gasteiger partial charge in [-0.25, -0.2) is 0 Å².